The molecule has 3 rings (SSSR count). The second-order valence-corrected chi connectivity index (χ2v) is 5.99. The van der Waals surface area contributed by atoms with Crippen molar-refractivity contribution in [2.45, 2.75) is 26.2 Å². The lowest BCUT2D eigenvalue weighted by Crippen LogP contribution is -2.26. The van der Waals surface area contributed by atoms with Gasteiger partial charge in [-0.2, -0.15) is 5.10 Å². The van der Waals surface area contributed by atoms with E-state index in [-0.39, 0.29) is 5.91 Å². The maximum atomic E-state index is 12.1. The van der Waals surface area contributed by atoms with Crippen LogP contribution in [0.15, 0.2) is 30.3 Å². The van der Waals surface area contributed by atoms with Crippen molar-refractivity contribution in [3.63, 3.8) is 0 Å². The maximum Gasteiger partial charge on any atom is 0.269 e. The summed E-state index contributed by atoms with van der Waals surface area (Å²) in [4.78, 5) is 12.1. The number of amides is 1. The fourth-order valence-electron chi connectivity index (χ4n) is 2.79. The van der Waals surface area contributed by atoms with Crippen molar-refractivity contribution in [1.29, 1.82) is 0 Å². The first-order chi connectivity index (χ1) is 11.3. The van der Waals surface area contributed by atoms with Crippen molar-refractivity contribution < 1.29 is 9.53 Å². The van der Waals surface area contributed by atoms with E-state index >= 15 is 0 Å². The van der Waals surface area contributed by atoms with E-state index in [9.17, 15) is 4.79 Å². The van der Waals surface area contributed by atoms with Gasteiger partial charge in [0.2, 0.25) is 0 Å². The molecule has 1 aliphatic rings. The summed E-state index contributed by atoms with van der Waals surface area (Å²) in [6.45, 7) is 4.47. The molecule has 1 amide bonds. The van der Waals surface area contributed by atoms with Gasteiger partial charge < -0.3 is 10.1 Å². The summed E-state index contributed by atoms with van der Waals surface area (Å²) in [5.74, 6) is 0.470. The number of aromatic nitrogens is 2. The summed E-state index contributed by atoms with van der Waals surface area (Å²) >= 11 is 0. The third-order valence-corrected chi connectivity index (χ3v) is 4.34. The number of ether oxygens (including phenoxy) is 1. The normalized spacial score (nSPS) is 17.3. The zero-order chi connectivity index (χ0) is 16.1. The Balaban J connectivity index is 1.55. The topological polar surface area (TPSA) is 67.0 Å². The fraction of sp³-hybridized carbons (Fsp3) is 0.444. The first-order valence-electron chi connectivity index (χ1n) is 8.27. The van der Waals surface area contributed by atoms with Crippen LogP contribution in [-0.2, 0) is 11.2 Å². The van der Waals surface area contributed by atoms with Crippen LogP contribution in [0, 0.1) is 5.92 Å². The van der Waals surface area contributed by atoms with Crippen LogP contribution in [0.4, 0.5) is 0 Å². The van der Waals surface area contributed by atoms with Gasteiger partial charge in [-0.25, -0.2) is 0 Å². The van der Waals surface area contributed by atoms with Crippen LogP contribution in [0.25, 0.3) is 11.3 Å². The molecule has 1 atom stereocenters. The molecule has 1 aromatic carbocycles. The van der Waals surface area contributed by atoms with E-state index in [1.165, 1.54) is 5.56 Å². The average Bonchev–Trinajstić information content (AvgIpc) is 3.26. The van der Waals surface area contributed by atoms with Crippen LogP contribution in [0.5, 0.6) is 0 Å². The van der Waals surface area contributed by atoms with Gasteiger partial charge in [0.1, 0.15) is 5.69 Å². The number of carbonyl (C=O) groups is 1. The summed E-state index contributed by atoms with van der Waals surface area (Å²) in [6, 6.07) is 10.1. The van der Waals surface area contributed by atoms with Crippen molar-refractivity contribution in [2.24, 2.45) is 5.92 Å². The number of hydrogen-bond donors (Lipinski definition) is 2. The van der Waals surface area contributed by atoms with E-state index in [4.69, 9.17) is 4.74 Å². The predicted molar refractivity (Wildman–Crippen MR) is 89.3 cm³/mol. The number of aromatic amines is 1. The summed E-state index contributed by atoms with van der Waals surface area (Å²) in [5, 5.41) is 10.0. The Bertz CT molecular complexity index is 643. The Hall–Kier alpha value is -2.14. The molecule has 1 aliphatic heterocycles. The summed E-state index contributed by atoms with van der Waals surface area (Å²) in [7, 11) is 0. The number of aryl methyl sites for hydroxylation is 1. The Morgan fingerprint density at radius 1 is 1.39 bits per heavy atom. The van der Waals surface area contributed by atoms with Crippen LogP contribution < -0.4 is 5.32 Å². The van der Waals surface area contributed by atoms with Gasteiger partial charge in [0.05, 0.1) is 5.69 Å². The van der Waals surface area contributed by atoms with Gasteiger partial charge in [-0.3, -0.25) is 9.89 Å². The van der Waals surface area contributed by atoms with E-state index in [1.54, 1.807) is 6.07 Å². The lowest BCUT2D eigenvalue weighted by molar-refractivity contribution is 0.0945. The quantitative estimate of drug-likeness (QED) is 0.862. The van der Waals surface area contributed by atoms with Crippen LogP contribution in [-0.4, -0.2) is 35.9 Å². The number of benzene rings is 1. The third-order valence-electron chi connectivity index (χ3n) is 4.34. The Kier molecular flexibility index (Phi) is 5.08. The van der Waals surface area contributed by atoms with Gasteiger partial charge in [-0.15, -0.1) is 0 Å². The smallest absolute Gasteiger partial charge is 0.269 e. The molecule has 1 fully saturated rings. The fourth-order valence-corrected chi connectivity index (χ4v) is 2.79. The van der Waals surface area contributed by atoms with E-state index in [0.717, 1.165) is 43.7 Å². The van der Waals surface area contributed by atoms with Crippen LogP contribution in [0.2, 0.25) is 0 Å². The second-order valence-electron chi connectivity index (χ2n) is 5.99. The van der Waals surface area contributed by atoms with E-state index in [2.05, 4.69) is 34.6 Å². The average molecular weight is 313 g/mol. The standard InChI is InChI=1S/C18H23N3O2/c1-2-13-3-5-15(6-4-13)16-11-17(21-20-16)18(22)19-9-7-14-8-10-23-12-14/h3-6,11,14H,2,7-10,12H2,1H3,(H,19,22)(H,20,21)/t14-/m1/s1. The minimum Gasteiger partial charge on any atom is -0.381 e. The zero-order valence-corrected chi connectivity index (χ0v) is 13.5. The number of nitrogens with zero attached hydrogens (tertiary/aromatic N) is 1. The van der Waals surface area contributed by atoms with Crippen molar-refractivity contribution >= 4 is 5.91 Å². The van der Waals surface area contributed by atoms with Crippen LogP contribution in [0.3, 0.4) is 0 Å². The molecule has 0 radical (unpaired) electrons. The molecule has 1 aromatic heterocycles. The molecule has 5 heteroatoms. The third kappa shape index (κ3) is 3.99. The SMILES string of the molecule is CCc1ccc(-c2cc(C(=O)NCC[C@@H]3CCOC3)[nH]n2)cc1. The Morgan fingerprint density at radius 3 is 2.91 bits per heavy atom. The van der Waals surface area contributed by atoms with Gasteiger partial charge in [-0.05, 0) is 36.8 Å². The van der Waals surface area contributed by atoms with Crippen molar-refractivity contribution in [1.82, 2.24) is 15.5 Å². The van der Waals surface area contributed by atoms with E-state index in [0.29, 0.717) is 18.2 Å². The molecular formula is C18H23N3O2. The molecule has 0 bridgehead atoms. The molecule has 1 saturated heterocycles. The highest BCUT2D eigenvalue weighted by molar-refractivity contribution is 5.93. The second kappa shape index (κ2) is 7.42. The number of nitrogens with one attached hydrogen (secondary N) is 2. The molecule has 0 spiro atoms. The summed E-state index contributed by atoms with van der Waals surface area (Å²) in [5.41, 5.74) is 3.60. The minimum atomic E-state index is -0.104. The molecule has 0 aliphatic carbocycles. The number of H-pyrrole nitrogens is 1. The highest BCUT2D eigenvalue weighted by Crippen LogP contribution is 2.19. The number of rotatable bonds is 6. The first kappa shape index (κ1) is 15.7. The van der Waals surface area contributed by atoms with Gasteiger partial charge in [-0.1, -0.05) is 31.2 Å². The van der Waals surface area contributed by atoms with Gasteiger partial charge >= 0.3 is 0 Å². The van der Waals surface area contributed by atoms with E-state index in [1.807, 2.05) is 12.1 Å². The first-order valence-corrected chi connectivity index (χ1v) is 8.27. The Labute approximate surface area is 136 Å². The molecule has 0 saturated carbocycles. The lowest BCUT2D eigenvalue weighted by atomic mass is 10.1. The minimum absolute atomic E-state index is 0.104. The molecule has 2 aromatic rings. The molecular weight excluding hydrogens is 290 g/mol. The maximum absolute atomic E-state index is 12.1. The highest BCUT2D eigenvalue weighted by Gasteiger charge is 2.16. The van der Waals surface area contributed by atoms with Crippen molar-refractivity contribution in [3.05, 3.63) is 41.6 Å². The molecule has 122 valence electrons. The predicted octanol–water partition coefficient (Wildman–Crippen LogP) is 2.80. The van der Waals surface area contributed by atoms with Gasteiger partial charge in [0, 0.05) is 25.3 Å². The highest BCUT2D eigenvalue weighted by atomic mass is 16.5. The van der Waals surface area contributed by atoms with Gasteiger partial charge in [0.15, 0.2) is 0 Å². The zero-order valence-electron chi connectivity index (χ0n) is 13.5. The van der Waals surface area contributed by atoms with E-state index < -0.39 is 0 Å². The molecule has 5 nitrogen and oxygen atoms in total. The van der Waals surface area contributed by atoms with Crippen molar-refractivity contribution in [2.75, 3.05) is 19.8 Å². The Morgan fingerprint density at radius 2 is 2.22 bits per heavy atom. The number of carbonyl (C=O) groups excluding carboxylic acids is 1. The van der Waals surface area contributed by atoms with Gasteiger partial charge in [0.25, 0.3) is 5.91 Å². The molecule has 2 N–H and O–H groups in total. The molecule has 23 heavy (non-hydrogen) atoms. The molecule has 0 unspecified atom stereocenters. The van der Waals surface area contributed by atoms with Crippen LogP contribution in [0.1, 0.15) is 35.8 Å². The molecule has 2 heterocycles. The van der Waals surface area contributed by atoms with Crippen LogP contribution >= 0.6 is 0 Å². The lowest BCUT2D eigenvalue weighted by Gasteiger charge is -2.07. The number of hydrogen-bond acceptors (Lipinski definition) is 3. The largest absolute Gasteiger partial charge is 0.381 e. The summed E-state index contributed by atoms with van der Waals surface area (Å²) < 4.78 is 5.34. The summed E-state index contributed by atoms with van der Waals surface area (Å²) in [6.07, 6.45) is 3.07. The van der Waals surface area contributed by atoms with Crippen molar-refractivity contribution in [3.8, 4) is 11.3 Å². The monoisotopic (exact) mass is 313 g/mol.